The molecule has 2 rings (SSSR count). The Bertz CT molecular complexity index is 625. The predicted molar refractivity (Wildman–Crippen MR) is 79.3 cm³/mol. The summed E-state index contributed by atoms with van der Waals surface area (Å²) >= 11 is 0. The summed E-state index contributed by atoms with van der Waals surface area (Å²) in [6.45, 7) is 3.30. The van der Waals surface area contributed by atoms with Crippen molar-refractivity contribution in [1.29, 1.82) is 5.26 Å². The quantitative estimate of drug-likeness (QED) is 0.889. The Labute approximate surface area is 125 Å². The average molecular weight is 309 g/mol. The van der Waals surface area contributed by atoms with Crippen LogP contribution in [0.1, 0.15) is 13.3 Å². The first-order valence-corrected chi connectivity index (χ1v) is 8.38. The van der Waals surface area contributed by atoms with Crippen molar-refractivity contribution in [3.8, 4) is 6.07 Å². The summed E-state index contributed by atoms with van der Waals surface area (Å²) in [4.78, 5) is 0.247. The van der Waals surface area contributed by atoms with Gasteiger partial charge in [-0.15, -0.1) is 0 Å². The maximum absolute atomic E-state index is 12.8. The number of nitrogens with one attached hydrogen (secondary N) is 1. The van der Waals surface area contributed by atoms with E-state index >= 15 is 0 Å². The fraction of sp³-hybridized carbons (Fsp3) is 0.500. The van der Waals surface area contributed by atoms with Gasteiger partial charge in [-0.2, -0.15) is 9.57 Å². The summed E-state index contributed by atoms with van der Waals surface area (Å²) in [6.07, 6.45) is 0.201. The highest BCUT2D eigenvalue weighted by Crippen LogP contribution is 2.25. The Hall–Kier alpha value is -1.62. The SMILES string of the molecule is CCCNc1ccccc1S(=O)(=O)N1CCOC(C#N)C1. The van der Waals surface area contributed by atoms with Crippen LogP contribution in [-0.4, -0.2) is 45.1 Å². The van der Waals surface area contributed by atoms with E-state index < -0.39 is 16.1 Å². The van der Waals surface area contributed by atoms with Gasteiger partial charge < -0.3 is 10.1 Å². The zero-order valence-electron chi connectivity index (χ0n) is 11.9. The Morgan fingerprint density at radius 1 is 1.48 bits per heavy atom. The molecule has 1 aromatic carbocycles. The number of para-hydroxylation sites is 1. The van der Waals surface area contributed by atoms with Crippen molar-refractivity contribution in [2.45, 2.75) is 24.3 Å². The third-order valence-electron chi connectivity index (χ3n) is 3.24. The third-order valence-corrected chi connectivity index (χ3v) is 5.17. The molecule has 21 heavy (non-hydrogen) atoms. The fourth-order valence-electron chi connectivity index (χ4n) is 2.16. The van der Waals surface area contributed by atoms with Crippen molar-refractivity contribution in [1.82, 2.24) is 4.31 Å². The number of rotatable bonds is 5. The van der Waals surface area contributed by atoms with E-state index in [9.17, 15) is 8.42 Å². The van der Waals surface area contributed by atoms with Crippen molar-refractivity contribution < 1.29 is 13.2 Å². The van der Waals surface area contributed by atoms with Crippen LogP contribution < -0.4 is 5.32 Å². The second kappa shape index (κ2) is 6.89. The number of ether oxygens (including phenoxy) is 1. The number of anilines is 1. The maximum atomic E-state index is 12.8. The number of sulfonamides is 1. The van der Waals surface area contributed by atoms with Crippen LogP contribution in [0.4, 0.5) is 5.69 Å². The van der Waals surface area contributed by atoms with Gasteiger partial charge in [-0.25, -0.2) is 8.42 Å². The van der Waals surface area contributed by atoms with E-state index in [1.807, 2.05) is 13.0 Å². The van der Waals surface area contributed by atoms with Gasteiger partial charge in [0.15, 0.2) is 6.10 Å². The highest BCUT2D eigenvalue weighted by molar-refractivity contribution is 7.89. The lowest BCUT2D eigenvalue weighted by Gasteiger charge is -2.29. The van der Waals surface area contributed by atoms with Crippen LogP contribution in [0.2, 0.25) is 0 Å². The topological polar surface area (TPSA) is 82.4 Å². The lowest BCUT2D eigenvalue weighted by atomic mass is 10.3. The van der Waals surface area contributed by atoms with Gasteiger partial charge in [-0.05, 0) is 18.6 Å². The third kappa shape index (κ3) is 3.53. The number of hydrogen-bond donors (Lipinski definition) is 1. The molecule has 0 radical (unpaired) electrons. The number of benzene rings is 1. The minimum atomic E-state index is -3.63. The molecule has 0 bridgehead atoms. The minimum absolute atomic E-state index is 0.0704. The predicted octanol–water partition coefficient (Wildman–Crippen LogP) is 1.42. The molecule has 0 aromatic heterocycles. The monoisotopic (exact) mass is 309 g/mol. The lowest BCUT2D eigenvalue weighted by molar-refractivity contribution is 0.0311. The molecule has 1 unspecified atom stereocenters. The van der Waals surface area contributed by atoms with Crippen LogP contribution in [-0.2, 0) is 14.8 Å². The molecule has 1 aliphatic rings. The summed E-state index contributed by atoms with van der Waals surface area (Å²) in [7, 11) is -3.63. The second-order valence-electron chi connectivity index (χ2n) is 4.77. The van der Waals surface area contributed by atoms with Gasteiger partial charge in [0.25, 0.3) is 0 Å². The average Bonchev–Trinajstić information content (AvgIpc) is 2.53. The molecule has 0 amide bonds. The molecule has 1 heterocycles. The molecule has 0 spiro atoms. The van der Waals surface area contributed by atoms with E-state index in [1.54, 1.807) is 24.3 Å². The molecule has 1 aromatic rings. The van der Waals surface area contributed by atoms with Crippen molar-refractivity contribution >= 4 is 15.7 Å². The molecule has 1 saturated heterocycles. The molecular weight excluding hydrogens is 290 g/mol. The van der Waals surface area contributed by atoms with E-state index in [-0.39, 0.29) is 24.6 Å². The zero-order valence-corrected chi connectivity index (χ0v) is 12.8. The number of nitriles is 1. The summed E-state index contributed by atoms with van der Waals surface area (Å²) in [5, 5.41) is 12.0. The van der Waals surface area contributed by atoms with Crippen LogP contribution in [0.15, 0.2) is 29.2 Å². The summed E-state index contributed by atoms with van der Waals surface area (Å²) < 4.78 is 32.0. The van der Waals surface area contributed by atoms with Gasteiger partial charge in [0.2, 0.25) is 10.0 Å². The Morgan fingerprint density at radius 3 is 2.95 bits per heavy atom. The molecule has 6 nitrogen and oxygen atoms in total. The summed E-state index contributed by atoms with van der Waals surface area (Å²) in [6, 6.07) is 8.81. The van der Waals surface area contributed by atoms with Crippen molar-refractivity contribution in [2.75, 3.05) is 31.6 Å². The van der Waals surface area contributed by atoms with Crippen LogP contribution >= 0.6 is 0 Å². The second-order valence-corrected chi connectivity index (χ2v) is 6.68. The Kier molecular flexibility index (Phi) is 5.17. The van der Waals surface area contributed by atoms with Crippen LogP contribution in [0, 0.1) is 11.3 Å². The first-order valence-electron chi connectivity index (χ1n) is 6.94. The van der Waals surface area contributed by atoms with Crippen LogP contribution in [0.3, 0.4) is 0 Å². The molecule has 1 fully saturated rings. The first-order chi connectivity index (χ1) is 10.1. The normalized spacial score (nSPS) is 19.9. The Balaban J connectivity index is 2.29. The molecule has 1 N–H and O–H groups in total. The molecule has 0 aliphatic carbocycles. The van der Waals surface area contributed by atoms with Gasteiger partial charge in [0.1, 0.15) is 4.90 Å². The van der Waals surface area contributed by atoms with E-state index in [0.29, 0.717) is 12.2 Å². The van der Waals surface area contributed by atoms with Gasteiger partial charge in [-0.1, -0.05) is 19.1 Å². The van der Waals surface area contributed by atoms with Gasteiger partial charge in [0, 0.05) is 13.1 Å². The fourth-order valence-corrected chi connectivity index (χ4v) is 3.75. The zero-order chi connectivity index (χ0) is 15.3. The number of hydrogen-bond acceptors (Lipinski definition) is 5. The van der Waals surface area contributed by atoms with Gasteiger partial charge >= 0.3 is 0 Å². The lowest BCUT2D eigenvalue weighted by Crippen LogP contribution is -2.45. The van der Waals surface area contributed by atoms with Crippen molar-refractivity contribution in [3.63, 3.8) is 0 Å². The highest BCUT2D eigenvalue weighted by Gasteiger charge is 2.32. The molecule has 1 atom stereocenters. The first kappa shape index (κ1) is 15.8. The molecule has 7 heteroatoms. The largest absolute Gasteiger partial charge is 0.384 e. The molecule has 1 aliphatic heterocycles. The van der Waals surface area contributed by atoms with Crippen molar-refractivity contribution in [2.24, 2.45) is 0 Å². The van der Waals surface area contributed by atoms with E-state index in [0.717, 1.165) is 6.42 Å². The number of nitrogens with zero attached hydrogens (tertiary/aromatic N) is 2. The van der Waals surface area contributed by atoms with Crippen molar-refractivity contribution in [3.05, 3.63) is 24.3 Å². The minimum Gasteiger partial charge on any atom is -0.384 e. The van der Waals surface area contributed by atoms with Gasteiger partial charge in [0.05, 0.1) is 24.9 Å². The van der Waals surface area contributed by atoms with Crippen LogP contribution in [0.5, 0.6) is 0 Å². The number of morpholine rings is 1. The van der Waals surface area contributed by atoms with Crippen LogP contribution in [0.25, 0.3) is 0 Å². The smallest absolute Gasteiger partial charge is 0.245 e. The highest BCUT2D eigenvalue weighted by atomic mass is 32.2. The molecule has 0 saturated carbocycles. The maximum Gasteiger partial charge on any atom is 0.245 e. The van der Waals surface area contributed by atoms with E-state index in [2.05, 4.69) is 5.32 Å². The van der Waals surface area contributed by atoms with E-state index in [4.69, 9.17) is 10.00 Å². The summed E-state index contributed by atoms with van der Waals surface area (Å²) in [5.41, 5.74) is 0.597. The van der Waals surface area contributed by atoms with E-state index in [1.165, 1.54) is 4.31 Å². The Morgan fingerprint density at radius 2 is 2.24 bits per heavy atom. The molecule has 114 valence electrons. The standard InChI is InChI=1S/C14H19N3O3S/c1-2-7-16-13-5-3-4-6-14(13)21(18,19)17-8-9-20-12(10-15)11-17/h3-6,12,16H,2,7-9,11H2,1H3. The molecular formula is C14H19N3O3S. The van der Waals surface area contributed by atoms with Gasteiger partial charge in [-0.3, -0.25) is 0 Å². The summed E-state index contributed by atoms with van der Waals surface area (Å²) in [5.74, 6) is 0.